The summed E-state index contributed by atoms with van der Waals surface area (Å²) in [4.78, 5) is 2.42. The quantitative estimate of drug-likeness (QED) is 0.409. The van der Waals surface area contributed by atoms with Crippen LogP contribution in [-0.4, -0.2) is 51.8 Å². The summed E-state index contributed by atoms with van der Waals surface area (Å²) in [6.45, 7) is 3.94. The van der Waals surface area contributed by atoms with Crippen LogP contribution in [0.3, 0.4) is 0 Å². The SMILES string of the molecule is O=S(=O)(CCCN1CCC(Cc2ccccc2)CC1)NCCNc1cccc2ccccc12. The summed E-state index contributed by atoms with van der Waals surface area (Å²) in [5.74, 6) is 0.925. The van der Waals surface area contributed by atoms with Gasteiger partial charge in [-0.2, -0.15) is 0 Å². The number of nitrogens with zero attached hydrogens (tertiary/aromatic N) is 1. The number of nitrogens with one attached hydrogen (secondary N) is 2. The Morgan fingerprint density at radius 3 is 2.39 bits per heavy atom. The van der Waals surface area contributed by atoms with Crippen molar-refractivity contribution in [3.8, 4) is 0 Å². The van der Waals surface area contributed by atoms with Crippen LogP contribution in [-0.2, 0) is 16.4 Å². The van der Waals surface area contributed by atoms with Crippen molar-refractivity contribution in [3.63, 3.8) is 0 Å². The summed E-state index contributed by atoms with van der Waals surface area (Å²) in [5.41, 5.74) is 2.45. The molecule has 1 fully saturated rings. The minimum absolute atomic E-state index is 0.186. The van der Waals surface area contributed by atoms with E-state index in [0.717, 1.165) is 43.0 Å². The Labute approximate surface area is 198 Å². The summed E-state index contributed by atoms with van der Waals surface area (Å²) >= 11 is 0. The number of piperidine rings is 1. The van der Waals surface area contributed by atoms with Crippen LogP contribution in [0.4, 0.5) is 5.69 Å². The molecule has 3 aromatic carbocycles. The summed E-state index contributed by atoms with van der Waals surface area (Å²) in [7, 11) is -3.25. The molecule has 0 aliphatic carbocycles. The third-order valence-electron chi connectivity index (χ3n) is 6.51. The number of likely N-dealkylation sites (tertiary alicyclic amines) is 1. The van der Waals surface area contributed by atoms with Crippen molar-refractivity contribution in [2.24, 2.45) is 5.92 Å². The van der Waals surface area contributed by atoms with Gasteiger partial charge in [-0.1, -0.05) is 66.7 Å². The van der Waals surface area contributed by atoms with Crippen LogP contribution in [0.15, 0.2) is 72.8 Å². The maximum atomic E-state index is 12.4. The van der Waals surface area contributed by atoms with Crippen molar-refractivity contribution < 1.29 is 8.42 Å². The molecule has 1 saturated heterocycles. The third-order valence-corrected chi connectivity index (χ3v) is 7.98. The van der Waals surface area contributed by atoms with Gasteiger partial charge in [-0.3, -0.25) is 0 Å². The molecule has 1 aliphatic heterocycles. The van der Waals surface area contributed by atoms with Crippen LogP contribution in [0.2, 0.25) is 0 Å². The smallest absolute Gasteiger partial charge is 0.211 e. The number of sulfonamides is 1. The summed E-state index contributed by atoms with van der Waals surface area (Å²) in [5, 5.41) is 5.68. The molecule has 0 radical (unpaired) electrons. The van der Waals surface area contributed by atoms with E-state index in [0.29, 0.717) is 19.5 Å². The van der Waals surface area contributed by atoms with Crippen molar-refractivity contribution in [1.29, 1.82) is 0 Å². The highest BCUT2D eigenvalue weighted by atomic mass is 32.2. The van der Waals surface area contributed by atoms with Gasteiger partial charge in [-0.25, -0.2) is 13.1 Å². The van der Waals surface area contributed by atoms with Crippen LogP contribution in [0.25, 0.3) is 10.8 Å². The van der Waals surface area contributed by atoms with Crippen molar-refractivity contribution in [1.82, 2.24) is 9.62 Å². The van der Waals surface area contributed by atoms with Crippen molar-refractivity contribution in [2.75, 3.05) is 43.8 Å². The van der Waals surface area contributed by atoms with Gasteiger partial charge in [0.2, 0.25) is 10.0 Å². The van der Waals surface area contributed by atoms with Gasteiger partial charge in [-0.15, -0.1) is 0 Å². The van der Waals surface area contributed by atoms with Gasteiger partial charge < -0.3 is 10.2 Å². The lowest BCUT2D eigenvalue weighted by Gasteiger charge is -2.32. The number of benzene rings is 3. The van der Waals surface area contributed by atoms with E-state index in [2.05, 4.69) is 63.5 Å². The van der Waals surface area contributed by atoms with E-state index >= 15 is 0 Å². The second-order valence-corrected chi connectivity index (χ2v) is 10.9. The van der Waals surface area contributed by atoms with E-state index in [4.69, 9.17) is 0 Å². The molecule has 0 atom stereocenters. The van der Waals surface area contributed by atoms with Crippen LogP contribution in [0.5, 0.6) is 0 Å². The molecule has 0 amide bonds. The van der Waals surface area contributed by atoms with E-state index in [9.17, 15) is 8.42 Å². The lowest BCUT2D eigenvalue weighted by Crippen LogP contribution is -2.37. The lowest BCUT2D eigenvalue weighted by atomic mass is 9.90. The number of fused-ring (bicyclic) bond motifs is 1. The molecule has 6 heteroatoms. The zero-order valence-electron chi connectivity index (χ0n) is 19.2. The minimum Gasteiger partial charge on any atom is -0.383 e. The Morgan fingerprint density at radius 2 is 1.58 bits per heavy atom. The maximum Gasteiger partial charge on any atom is 0.211 e. The molecule has 0 aromatic heterocycles. The molecule has 0 saturated carbocycles. The zero-order chi connectivity index (χ0) is 22.9. The molecule has 1 aliphatic rings. The Bertz CT molecular complexity index is 1110. The highest BCUT2D eigenvalue weighted by molar-refractivity contribution is 7.89. The Balaban J connectivity index is 1.12. The monoisotopic (exact) mass is 465 g/mol. The second-order valence-electron chi connectivity index (χ2n) is 8.99. The Hall–Kier alpha value is -2.41. The van der Waals surface area contributed by atoms with Gasteiger partial charge in [0.25, 0.3) is 0 Å². The molecule has 5 nitrogen and oxygen atoms in total. The molecule has 2 N–H and O–H groups in total. The summed E-state index contributed by atoms with van der Waals surface area (Å²) < 4.78 is 27.5. The number of hydrogen-bond donors (Lipinski definition) is 2. The van der Waals surface area contributed by atoms with Crippen molar-refractivity contribution in [3.05, 3.63) is 78.4 Å². The molecule has 3 aromatic rings. The van der Waals surface area contributed by atoms with Gasteiger partial charge in [0.15, 0.2) is 0 Å². The number of hydrogen-bond acceptors (Lipinski definition) is 4. The number of anilines is 1. The predicted octanol–water partition coefficient (Wildman–Crippen LogP) is 4.52. The van der Waals surface area contributed by atoms with Crippen LogP contribution >= 0.6 is 0 Å². The number of rotatable bonds is 11. The van der Waals surface area contributed by atoms with Crippen LogP contribution in [0, 0.1) is 5.92 Å². The highest BCUT2D eigenvalue weighted by Crippen LogP contribution is 2.23. The first-order valence-electron chi connectivity index (χ1n) is 12.0. The standard InChI is InChI=1S/C27H35N3O2S/c31-33(32,29-17-16-28-27-13-6-11-25-10-4-5-12-26(25)27)21-7-18-30-19-14-24(15-20-30)22-23-8-2-1-3-9-23/h1-6,8-13,24,28-29H,7,14-22H2. The van der Waals surface area contributed by atoms with Gasteiger partial charge in [-0.05, 0) is 68.3 Å². The van der Waals surface area contributed by atoms with Crippen LogP contribution in [0.1, 0.15) is 24.8 Å². The van der Waals surface area contributed by atoms with E-state index in [-0.39, 0.29) is 5.75 Å². The largest absolute Gasteiger partial charge is 0.383 e. The van der Waals surface area contributed by atoms with Gasteiger partial charge in [0, 0.05) is 24.2 Å². The average molecular weight is 466 g/mol. The van der Waals surface area contributed by atoms with E-state index in [1.165, 1.54) is 23.8 Å². The molecular formula is C27H35N3O2S. The fourth-order valence-corrected chi connectivity index (χ4v) is 5.76. The molecule has 4 rings (SSSR count). The normalized spacial score (nSPS) is 15.6. The van der Waals surface area contributed by atoms with Gasteiger partial charge >= 0.3 is 0 Å². The molecule has 0 unspecified atom stereocenters. The summed E-state index contributed by atoms with van der Waals surface area (Å²) in [6, 6.07) is 25.0. The van der Waals surface area contributed by atoms with Crippen LogP contribution < -0.4 is 10.0 Å². The first-order chi connectivity index (χ1) is 16.1. The second kappa shape index (κ2) is 11.6. The summed E-state index contributed by atoms with van der Waals surface area (Å²) in [6.07, 6.45) is 4.22. The van der Waals surface area contributed by atoms with Crippen molar-refractivity contribution in [2.45, 2.75) is 25.7 Å². The van der Waals surface area contributed by atoms with Gasteiger partial charge in [0.05, 0.1) is 5.75 Å². The maximum absolute atomic E-state index is 12.4. The molecule has 1 heterocycles. The Morgan fingerprint density at radius 1 is 0.848 bits per heavy atom. The molecule has 0 spiro atoms. The molecule has 33 heavy (non-hydrogen) atoms. The predicted molar refractivity (Wildman–Crippen MR) is 138 cm³/mol. The first-order valence-corrected chi connectivity index (χ1v) is 13.7. The van der Waals surface area contributed by atoms with E-state index in [1.807, 2.05) is 24.3 Å². The van der Waals surface area contributed by atoms with Crippen molar-refractivity contribution >= 4 is 26.5 Å². The van der Waals surface area contributed by atoms with Gasteiger partial charge in [0.1, 0.15) is 0 Å². The zero-order valence-corrected chi connectivity index (χ0v) is 20.1. The first kappa shape index (κ1) is 23.7. The third kappa shape index (κ3) is 7.29. The molecule has 176 valence electrons. The van der Waals surface area contributed by atoms with E-state index in [1.54, 1.807) is 0 Å². The topological polar surface area (TPSA) is 61.4 Å². The highest BCUT2D eigenvalue weighted by Gasteiger charge is 2.20. The average Bonchev–Trinajstić information content (AvgIpc) is 2.84. The molecular weight excluding hydrogens is 430 g/mol. The lowest BCUT2D eigenvalue weighted by molar-refractivity contribution is 0.184. The fraction of sp³-hybridized carbons (Fsp3) is 0.407. The van der Waals surface area contributed by atoms with E-state index < -0.39 is 10.0 Å². The minimum atomic E-state index is -3.25. The molecule has 0 bridgehead atoms. The Kier molecular flexibility index (Phi) is 8.37. The fourth-order valence-electron chi connectivity index (χ4n) is 4.70.